The van der Waals surface area contributed by atoms with E-state index in [9.17, 15) is 5.11 Å². The minimum atomic E-state index is -0.382. The molecule has 0 saturated heterocycles. The molecule has 21 heavy (non-hydrogen) atoms. The Bertz CT molecular complexity index is 253. The first kappa shape index (κ1) is 18.9. The molecule has 0 aromatic carbocycles. The molecule has 1 saturated carbocycles. The van der Waals surface area contributed by atoms with Gasteiger partial charge in [-0.15, -0.1) is 0 Å². The highest BCUT2D eigenvalue weighted by atomic mass is 16.5. The molecule has 0 aromatic rings. The lowest BCUT2D eigenvalue weighted by molar-refractivity contribution is -0.0277. The third kappa shape index (κ3) is 8.77. The molecule has 0 aromatic heterocycles. The molecule has 1 atom stereocenters. The van der Waals surface area contributed by atoms with Crippen molar-refractivity contribution >= 4 is 0 Å². The van der Waals surface area contributed by atoms with Gasteiger partial charge in [-0.25, -0.2) is 0 Å². The Labute approximate surface area is 131 Å². The van der Waals surface area contributed by atoms with Crippen molar-refractivity contribution in [1.82, 2.24) is 10.2 Å². The van der Waals surface area contributed by atoms with Crippen LogP contribution in [0.15, 0.2) is 0 Å². The summed E-state index contributed by atoms with van der Waals surface area (Å²) in [6.07, 6.45) is 5.95. The summed E-state index contributed by atoms with van der Waals surface area (Å²) in [7, 11) is 2.15. The molecule has 1 aliphatic rings. The van der Waals surface area contributed by atoms with Gasteiger partial charge in [-0.3, -0.25) is 0 Å². The first-order chi connectivity index (χ1) is 9.99. The maximum Gasteiger partial charge on any atom is 0.0897 e. The summed E-state index contributed by atoms with van der Waals surface area (Å²) in [6, 6.07) is 0.599. The number of aliphatic hydroxyl groups excluding tert-OH is 1. The van der Waals surface area contributed by atoms with Crippen molar-refractivity contribution in [2.24, 2.45) is 5.92 Å². The second-order valence-electron chi connectivity index (χ2n) is 7.00. The minimum absolute atomic E-state index is 0.371. The van der Waals surface area contributed by atoms with Gasteiger partial charge in [-0.2, -0.15) is 0 Å². The van der Waals surface area contributed by atoms with Gasteiger partial charge in [0.2, 0.25) is 0 Å². The molecule has 0 aliphatic heterocycles. The highest BCUT2D eigenvalue weighted by Crippen LogP contribution is 2.25. The highest BCUT2D eigenvalue weighted by molar-refractivity contribution is 4.71. The maximum absolute atomic E-state index is 9.93. The second kappa shape index (κ2) is 10.5. The van der Waals surface area contributed by atoms with Crippen LogP contribution in [0.2, 0.25) is 0 Å². The maximum atomic E-state index is 9.93. The minimum Gasteiger partial charge on any atom is -0.389 e. The third-order valence-corrected chi connectivity index (χ3v) is 4.61. The van der Waals surface area contributed by atoms with Crippen LogP contribution in [0.5, 0.6) is 0 Å². The first-order valence-corrected chi connectivity index (χ1v) is 8.69. The van der Waals surface area contributed by atoms with E-state index in [0.717, 1.165) is 38.3 Å². The molecule has 2 N–H and O–H groups in total. The molecule has 0 spiro atoms. The summed E-state index contributed by atoms with van der Waals surface area (Å²) in [5, 5.41) is 13.2. The Kier molecular flexibility index (Phi) is 9.49. The predicted molar refractivity (Wildman–Crippen MR) is 88.6 cm³/mol. The lowest BCUT2D eigenvalue weighted by Crippen LogP contribution is -2.35. The van der Waals surface area contributed by atoms with Gasteiger partial charge in [0.25, 0.3) is 0 Å². The second-order valence-corrected chi connectivity index (χ2v) is 7.00. The molecule has 1 rings (SSSR count). The zero-order valence-corrected chi connectivity index (χ0v) is 14.5. The van der Waals surface area contributed by atoms with Crippen LogP contribution in [0.3, 0.4) is 0 Å². The van der Waals surface area contributed by atoms with Crippen LogP contribution in [0.1, 0.15) is 52.9 Å². The number of hydrogen-bond donors (Lipinski definition) is 2. The number of rotatable bonds is 10. The fraction of sp³-hybridized carbons (Fsp3) is 1.00. The Hall–Kier alpha value is -0.160. The summed E-state index contributed by atoms with van der Waals surface area (Å²) in [5.74, 6) is 0.848. The van der Waals surface area contributed by atoms with Gasteiger partial charge >= 0.3 is 0 Å². The molecular formula is C17H36N2O2. The van der Waals surface area contributed by atoms with Gasteiger partial charge < -0.3 is 20.1 Å². The van der Waals surface area contributed by atoms with Gasteiger partial charge in [0.1, 0.15) is 0 Å². The number of ether oxygens (including phenoxy) is 1. The van der Waals surface area contributed by atoms with Gasteiger partial charge in [0, 0.05) is 12.6 Å². The molecule has 0 amide bonds. The highest BCUT2D eigenvalue weighted by Gasteiger charge is 2.19. The van der Waals surface area contributed by atoms with E-state index in [1.807, 2.05) is 0 Å². The molecular weight excluding hydrogens is 264 g/mol. The average molecular weight is 300 g/mol. The summed E-state index contributed by atoms with van der Waals surface area (Å²) >= 11 is 0. The van der Waals surface area contributed by atoms with E-state index in [1.165, 1.54) is 12.8 Å². The Morgan fingerprint density at radius 1 is 1.24 bits per heavy atom. The quantitative estimate of drug-likeness (QED) is 0.608. The van der Waals surface area contributed by atoms with E-state index in [2.05, 4.69) is 38.0 Å². The molecule has 1 aliphatic carbocycles. The lowest BCUT2D eigenvalue weighted by Gasteiger charge is -2.27. The summed E-state index contributed by atoms with van der Waals surface area (Å²) < 4.78 is 5.82. The summed E-state index contributed by atoms with van der Waals surface area (Å²) in [5.41, 5.74) is 0. The summed E-state index contributed by atoms with van der Waals surface area (Å²) in [6.45, 7) is 9.88. The number of nitrogens with zero attached hydrogens (tertiary/aromatic N) is 1. The normalized spacial score (nSPS) is 24.7. The smallest absolute Gasteiger partial charge is 0.0897 e. The van der Waals surface area contributed by atoms with E-state index in [4.69, 9.17) is 4.74 Å². The van der Waals surface area contributed by atoms with E-state index in [-0.39, 0.29) is 6.10 Å². The Morgan fingerprint density at radius 2 is 1.90 bits per heavy atom. The van der Waals surface area contributed by atoms with Crippen LogP contribution in [0.25, 0.3) is 0 Å². The lowest BCUT2D eigenvalue weighted by atomic mass is 9.89. The monoisotopic (exact) mass is 300 g/mol. The molecule has 126 valence electrons. The van der Waals surface area contributed by atoms with E-state index < -0.39 is 0 Å². The van der Waals surface area contributed by atoms with Crippen molar-refractivity contribution in [2.75, 3.05) is 33.3 Å². The van der Waals surface area contributed by atoms with Crippen molar-refractivity contribution in [1.29, 1.82) is 0 Å². The van der Waals surface area contributed by atoms with Crippen molar-refractivity contribution in [3.8, 4) is 0 Å². The van der Waals surface area contributed by atoms with Gasteiger partial charge in [0.15, 0.2) is 0 Å². The molecule has 0 radical (unpaired) electrons. The van der Waals surface area contributed by atoms with Crippen molar-refractivity contribution in [3.05, 3.63) is 0 Å². The van der Waals surface area contributed by atoms with Crippen molar-refractivity contribution in [2.45, 2.75) is 71.1 Å². The van der Waals surface area contributed by atoms with Crippen LogP contribution < -0.4 is 5.32 Å². The van der Waals surface area contributed by atoms with Gasteiger partial charge in [-0.05, 0) is 72.0 Å². The van der Waals surface area contributed by atoms with Crippen LogP contribution >= 0.6 is 0 Å². The first-order valence-electron chi connectivity index (χ1n) is 8.69. The fourth-order valence-corrected chi connectivity index (χ4v) is 2.68. The third-order valence-electron chi connectivity index (χ3n) is 4.61. The Balaban J connectivity index is 1.95. The molecule has 1 unspecified atom stereocenters. The number of hydrogen-bond acceptors (Lipinski definition) is 4. The van der Waals surface area contributed by atoms with Crippen LogP contribution in [-0.4, -0.2) is 61.5 Å². The molecule has 0 heterocycles. The van der Waals surface area contributed by atoms with Crippen LogP contribution in [-0.2, 0) is 4.74 Å². The standard InChI is InChI=1S/C17H36N2O2/c1-14(2)19(4)11-5-10-18-12-16(20)13-21-17-8-6-15(3)7-9-17/h14-18,20H,5-13H2,1-4H3. The van der Waals surface area contributed by atoms with Crippen molar-refractivity contribution in [3.63, 3.8) is 0 Å². The zero-order chi connectivity index (χ0) is 15.7. The van der Waals surface area contributed by atoms with E-state index in [1.54, 1.807) is 0 Å². The van der Waals surface area contributed by atoms with Crippen LogP contribution in [0, 0.1) is 5.92 Å². The van der Waals surface area contributed by atoms with E-state index >= 15 is 0 Å². The molecule has 4 heteroatoms. The van der Waals surface area contributed by atoms with Gasteiger partial charge in [-0.1, -0.05) is 6.92 Å². The topological polar surface area (TPSA) is 44.7 Å². The predicted octanol–water partition coefficient (Wildman–Crippen LogP) is 2.26. The van der Waals surface area contributed by atoms with Crippen molar-refractivity contribution < 1.29 is 9.84 Å². The molecule has 4 nitrogen and oxygen atoms in total. The summed E-state index contributed by atoms with van der Waals surface area (Å²) in [4.78, 5) is 2.34. The number of nitrogens with one attached hydrogen (secondary N) is 1. The largest absolute Gasteiger partial charge is 0.389 e. The average Bonchev–Trinajstić information content (AvgIpc) is 2.46. The van der Waals surface area contributed by atoms with Crippen LogP contribution in [0.4, 0.5) is 0 Å². The Morgan fingerprint density at radius 3 is 2.52 bits per heavy atom. The van der Waals surface area contributed by atoms with E-state index in [0.29, 0.717) is 25.3 Å². The molecule has 0 bridgehead atoms. The molecule has 1 fully saturated rings. The van der Waals surface area contributed by atoms with Gasteiger partial charge in [0.05, 0.1) is 18.8 Å². The SMILES string of the molecule is CC1CCC(OCC(O)CNCCCN(C)C(C)C)CC1. The number of aliphatic hydroxyl groups is 1. The fourth-order valence-electron chi connectivity index (χ4n) is 2.68. The zero-order valence-electron chi connectivity index (χ0n) is 14.5.